The van der Waals surface area contributed by atoms with Crippen molar-refractivity contribution >= 4 is 29.9 Å². The highest BCUT2D eigenvalue weighted by Gasteiger charge is 2.34. The van der Waals surface area contributed by atoms with Gasteiger partial charge in [-0.15, -0.1) is 24.0 Å². The summed E-state index contributed by atoms with van der Waals surface area (Å²) in [5, 5.41) is 13.4. The number of guanidine groups is 1. The number of aliphatic hydroxyl groups is 1. The molecular formula is C14H28IN3O2. The molecule has 2 rings (SSSR count). The Morgan fingerprint density at radius 2 is 2.25 bits per heavy atom. The lowest BCUT2D eigenvalue weighted by molar-refractivity contribution is -0.0237. The molecule has 118 valence electrons. The van der Waals surface area contributed by atoms with Gasteiger partial charge in [0.15, 0.2) is 5.96 Å². The summed E-state index contributed by atoms with van der Waals surface area (Å²) in [6.45, 7) is 6.13. The van der Waals surface area contributed by atoms with Gasteiger partial charge >= 0.3 is 0 Å². The van der Waals surface area contributed by atoms with Gasteiger partial charge in [0.25, 0.3) is 0 Å². The largest absolute Gasteiger partial charge is 0.388 e. The molecule has 2 N–H and O–H groups in total. The minimum atomic E-state index is -0.544. The molecule has 2 aliphatic rings. The molecule has 6 heteroatoms. The summed E-state index contributed by atoms with van der Waals surface area (Å²) in [6, 6.07) is 0. The third-order valence-electron chi connectivity index (χ3n) is 4.06. The molecule has 0 spiro atoms. The van der Waals surface area contributed by atoms with Crippen LogP contribution in [0.2, 0.25) is 0 Å². The molecule has 1 saturated heterocycles. The molecule has 1 heterocycles. The van der Waals surface area contributed by atoms with E-state index in [1.54, 1.807) is 0 Å². The number of halogens is 1. The summed E-state index contributed by atoms with van der Waals surface area (Å²) < 4.78 is 5.41. The van der Waals surface area contributed by atoms with Crippen LogP contribution in [0.5, 0.6) is 0 Å². The van der Waals surface area contributed by atoms with Gasteiger partial charge < -0.3 is 20.1 Å². The molecule has 1 atom stereocenters. The van der Waals surface area contributed by atoms with Gasteiger partial charge in [-0.3, -0.25) is 4.99 Å². The van der Waals surface area contributed by atoms with Crippen LogP contribution in [0.1, 0.15) is 32.6 Å². The average Bonchev–Trinajstić information content (AvgIpc) is 2.84. The van der Waals surface area contributed by atoms with Crippen molar-refractivity contribution in [3.63, 3.8) is 0 Å². The Morgan fingerprint density at radius 3 is 2.75 bits per heavy atom. The minimum absolute atomic E-state index is 0. The van der Waals surface area contributed by atoms with Crippen molar-refractivity contribution in [2.24, 2.45) is 10.9 Å². The zero-order valence-electron chi connectivity index (χ0n) is 12.6. The van der Waals surface area contributed by atoms with Crippen LogP contribution in [0, 0.1) is 5.92 Å². The third-order valence-corrected chi connectivity index (χ3v) is 4.06. The maximum Gasteiger partial charge on any atom is 0.193 e. The van der Waals surface area contributed by atoms with E-state index in [1.807, 2.05) is 0 Å². The van der Waals surface area contributed by atoms with Gasteiger partial charge in [-0.2, -0.15) is 0 Å². The molecule has 0 amide bonds. The maximum atomic E-state index is 10.1. The normalized spacial score (nSPS) is 24.8. The second kappa shape index (κ2) is 8.38. The van der Waals surface area contributed by atoms with Crippen molar-refractivity contribution < 1.29 is 9.84 Å². The van der Waals surface area contributed by atoms with Crippen molar-refractivity contribution in [3.8, 4) is 0 Å². The highest BCUT2D eigenvalue weighted by molar-refractivity contribution is 14.0. The van der Waals surface area contributed by atoms with Gasteiger partial charge in [0.1, 0.15) is 0 Å². The lowest BCUT2D eigenvalue weighted by Crippen LogP contribution is -2.44. The number of nitrogens with zero attached hydrogens (tertiary/aromatic N) is 2. The van der Waals surface area contributed by atoms with E-state index in [1.165, 1.54) is 0 Å². The number of ether oxygens (including phenoxy) is 1. The minimum Gasteiger partial charge on any atom is -0.388 e. The summed E-state index contributed by atoms with van der Waals surface area (Å²) in [5.41, 5.74) is -0.544. The van der Waals surface area contributed by atoms with Crippen LogP contribution in [0.3, 0.4) is 0 Å². The molecule has 20 heavy (non-hydrogen) atoms. The van der Waals surface area contributed by atoms with Gasteiger partial charge in [-0.1, -0.05) is 0 Å². The van der Waals surface area contributed by atoms with Crippen LogP contribution in [0.15, 0.2) is 4.99 Å². The van der Waals surface area contributed by atoms with Gasteiger partial charge in [-0.05, 0) is 32.6 Å². The van der Waals surface area contributed by atoms with Crippen LogP contribution in [-0.2, 0) is 4.74 Å². The summed E-state index contributed by atoms with van der Waals surface area (Å²) in [6.07, 6.45) is 4.03. The van der Waals surface area contributed by atoms with Crippen molar-refractivity contribution in [2.45, 2.75) is 38.2 Å². The Morgan fingerprint density at radius 1 is 1.50 bits per heavy atom. The molecule has 1 aliphatic heterocycles. The number of hydrogen-bond acceptors (Lipinski definition) is 3. The zero-order chi connectivity index (χ0) is 13.7. The van der Waals surface area contributed by atoms with Crippen LogP contribution in [-0.4, -0.2) is 61.5 Å². The predicted octanol–water partition coefficient (Wildman–Crippen LogP) is 1.45. The van der Waals surface area contributed by atoms with E-state index in [-0.39, 0.29) is 24.0 Å². The standard InChI is InChI=1S/C14H27N3O2.HI/c1-3-15-13(16-11-14(18)6-4-7-14)17(2)9-12-5-8-19-10-12;/h12,18H,3-11H2,1-2H3,(H,15,16);1H. The summed E-state index contributed by atoms with van der Waals surface area (Å²) >= 11 is 0. The second-order valence-corrected chi connectivity index (χ2v) is 5.86. The smallest absolute Gasteiger partial charge is 0.193 e. The summed E-state index contributed by atoms with van der Waals surface area (Å²) in [7, 11) is 2.06. The SMILES string of the molecule is CCNC(=NCC1(O)CCC1)N(C)CC1CCOC1.I. The lowest BCUT2D eigenvalue weighted by Gasteiger charge is -2.35. The molecule has 0 aromatic rings. The monoisotopic (exact) mass is 397 g/mol. The number of rotatable bonds is 5. The van der Waals surface area contributed by atoms with E-state index in [4.69, 9.17) is 4.74 Å². The molecule has 0 aromatic carbocycles. The Bertz CT molecular complexity index is 316. The fourth-order valence-electron chi connectivity index (χ4n) is 2.64. The fraction of sp³-hybridized carbons (Fsp3) is 0.929. The summed E-state index contributed by atoms with van der Waals surface area (Å²) in [4.78, 5) is 6.75. The quantitative estimate of drug-likeness (QED) is 0.419. The van der Waals surface area contributed by atoms with Gasteiger partial charge in [0, 0.05) is 32.7 Å². The van der Waals surface area contributed by atoms with E-state index >= 15 is 0 Å². The van der Waals surface area contributed by atoms with E-state index in [0.29, 0.717) is 12.5 Å². The van der Waals surface area contributed by atoms with Crippen molar-refractivity contribution in [1.29, 1.82) is 0 Å². The Balaban J connectivity index is 0.00000200. The Labute approximate surface area is 139 Å². The second-order valence-electron chi connectivity index (χ2n) is 5.86. The molecule has 1 unspecified atom stereocenters. The van der Waals surface area contributed by atoms with Crippen LogP contribution in [0.25, 0.3) is 0 Å². The van der Waals surface area contributed by atoms with Crippen LogP contribution in [0.4, 0.5) is 0 Å². The molecular weight excluding hydrogens is 369 g/mol. The van der Waals surface area contributed by atoms with Crippen molar-refractivity contribution in [3.05, 3.63) is 0 Å². The van der Waals surface area contributed by atoms with Gasteiger partial charge in [0.05, 0.1) is 18.8 Å². The number of hydrogen-bond donors (Lipinski definition) is 2. The first-order valence-corrected chi connectivity index (χ1v) is 7.42. The zero-order valence-corrected chi connectivity index (χ0v) is 14.9. The van der Waals surface area contributed by atoms with E-state index in [2.05, 4.69) is 29.2 Å². The van der Waals surface area contributed by atoms with E-state index < -0.39 is 5.60 Å². The van der Waals surface area contributed by atoms with Crippen molar-refractivity contribution in [2.75, 3.05) is 39.9 Å². The Kier molecular flexibility index (Phi) is 7.53. The van der Waals surface area contributed by atoms with Crippen LogP contribution >= 0.6 is 24.0 Å². The predicted molar refractivity (Wildman–Crippen MR) is 91.8 cm³/mol. The molecule has 0 bridgehead atoms. The molecule has 1 saturated carbocycles. The van der Waals surface area contributed by atoms with Gasteiger partial charge in [-0.25, -0.2) is 0 Å². The number of nitrogens with one attached hydrogen (secondary N) is 1. The maximum absolute atomic E-state index is 10.1. The van der Waals surface area contributed by atoms with E-state index in [0.717, 1.165) is 57.9 Å². The molecule has 1 aliphatic carbocycles. The first-order chi connectivity index (χ1) is 9.13. The topological polar surface area (TPSA) is 57.1 Å². The molecule has 0 radical (unpaired) electrons. The van der Waals surface area contributed by atoms with Crippen LogP contribution < -0.4 is 5.32 Å². The first kappa shape index (κ1) is 18.0. The molecule has 5 nitrogen and oxygen atoms in total. The fourth-order valence-corrected chi connectivity index (χ4v) is 2.64. The third kappa shape index (κ3) is 5.04. The van der Waals surface area contributed by atoms with Crippen molar-refractivity contribution in [1.82, 2.24) is 10.2 Å². The Hall–Kier alpha value is -0.0800. The summed E-state index contributed by atoms with van der Waals surface area (Å²) in [5.74, 6) is 1.50. The van der Waals surface area contributed by atoms with Gasteiger partial charge in [0.2, 0.25) is 0 Å². The molecule has 2 fully saturated rings. The highest BCUT2D eigenvalue weighted by Crippen LogP contribution is 2.31. The lowest BCUT2D eigenvalue weighted by atomic mass is 9.80. The average molecular weight is 397 g/mol. The molecule has 0 aromatic heterocycles. The highest BCUT2D eigenvalue weighted by atomic mass is 127. The van der Waals surface area contributed by atoms with E-state index in [9.17, 15) is 5.11 Å². The first-order valence-electron chi connectivity index (χ1n) is 7.42. The number of aliphatic imine (C=N–C) groups is 1.